The van der Waals surface area contributed by atoms with E-state index in [1.54, 1.807) is 6.92 Å². The number of rotatable bonds is 1. The van der Waals surface area contributed by atoms with E-state index in [4.69, 9.17) is 5.73 Å². The maximum Gasteiger partial charge on any atom is 0.219 e. The molecule has 1 aliphatic heterocycles. The van der Waals surface area contributed by atoms with E-state index in [-0.39, 0.29) is 5.91 Å². The van der Waals surface area contributed by atoms with Gasteiger partial charge in [-0.2, -0.15) is 0 Å². The predicted molar refractivity (Wildman–Crippen MR) is 80.4 cm³/mol. The minimum Gasteiger partial charge on any atom is -0.399 e. The van der Waals surface area contributed by atoms with E-state index in [1.165, 1.54) is 17.5 Å². The zero-order valence-corrected chi connectivity index (χ0v) is 12.1. The summed E-state index contributed by atoms with van der Waals surface area (Å²) in [6, 6.07) is 6.83. The first kappa shape index (κ1) is 13.4. The lowest BCUT2D eigenvalue weighted by Gasteiger charge is -2.28. The average Bonchev–Trinajstić information content (AvgIpc) is 2.67. The molecule has 3 rings (SSSR count). The third kappa shape index (κ3) is 2.52. The number of carbonyl (C=O) groups excluding carboxylic acids is 1. The smallest absolute Gasteiger partial charge is 0.219 e. The standard InChI is InChI=1S/C16H23N3O/c1-12(20)18-7-2-8-19(10-9-18)16-6-3-13-11-14(17)4-5-15(13)16/h4-5,11,16H,2-3,6-10,17H2,1H3. The summed E-state index contributed by atoms with van der Waals surface area (Å²) in [7, 11) is 0. The molecule has 1 aromatic rings. The lowest BCUT2D eigenvalue weighted by atomic mass is 10.1. The van der Waals surface area contributed by atoms with Gasteiger partial charge in [0.05, 0.1) is 0 Å². The molecule has 1 fully saturated rings. The Kier molecular flexibility index (Phi) is 3.66. The lowest BCUT2D eigenvalue weighted by Crippen LogP contribution is -2.34. The molecule has 1 unspecified atom stereocenters. The Labute approximate surface area is 120 Å². The zero-order valence-electron chi connectivity index (χ0n) is 12.1. The number of amides is 1. The summed E-state index contributed by atoms with van der Waals surface area (Å²) in [4.78, 5) is 16.0. The van der Waals surface area contributed by atoms with Crippen molar-refractivity contribution in [3.63, 3.8) is 0 Å². The lowest BCUT2D eigenvalue weighted by molar-refractivity contribution is -0.128. The first-order valence-electron chi connectivity index (χ1n) is 7.53. The topological polar surface area (TPSA) is 49.6 Å². The second kappa shape index (κ2) is 5.44. The Bertz CT molecular complexity index is 514. The van der Waals surface area contributed by atoms with Gasteiger partial charge in [-0.1, -0.05) is 6.07 Å². The van der Waals surface area contributed by atoms with Gasteiger partial charge in [0.2, 0.25) is 5.91 Å². The van der Waals surface area contributed by atoms with Crippen molar-refractivity contribution in [3.05, 3.63) is 29.3 Å². The molecule has 4 heteroatoms. The van der Waals surface area contributed by atoms with Crippen molar-refractivity contribution < 1.29 is 4.79 Å². The molecule has 1 amide bonds. The molecule has 0 saturated carbocycles. The Hall–Kier alpha value is -1.55. The highest BCUT2D eigenvalue weighted by Gasteiger charge is 2.29. The van der Waals surface area contributed by atoms with Crippen LogP contribution >= 0.6 is 0 Å². The van der Waals surface area contributed by atoms with Crippen molar-refractivity contribution in [2.75, 3.05) is 31.9 Å². The molecule has 20 heavy (non-hydrogen) atoms. The van der Waals surface area contributed by atoms with Crippen molar-refractivity contribution in [1.29, 1.82) is 0 Å². The van der Waals surface area contributed by atoms with Crippen molar-refractivity contribution in [3.8, 4) is 0 Å². The van der Waals surface area contributed by atoms with Crippen LogP contribution in [0.5, 0.6) is 0 Å². The highest BCUT2D eigenvalue weighted by Crippen LogP contribution is 2.37. The number of nitrogens with two attached hydrogens (primary N) is 1. The van der Waals surface area contributed by atoms with Crippen LogP contribution in [-0.2, 0) is 11.2 Å². The Balaban J connectivity index is 1.74. The van der Waals surface area contributed by atoms with Gasteiger partial charge in [0.25, 0.3) is 0 Å². The third-order valence-electron chi connectivity index (χ3n) is 4.63. The average molecular weight is 273 g/mol. The summed E-state index contributed by atoms with van der Waals surface area (Å²) in [5.41, 5.74) is 9.58. The van der Waals surface area contributed by atoms with Crippen LogP contribution in [0.25, 0.3) is 0 Å². The number of aryl methyl sites for hydroxylation is 1. The molecule has 2 aliphatic rings. The summed E-state index contributed by atoms with van der Waals surface area (Å²) in [6.45, 7) is 5.49. The molecule has 108 valence electrons. The van der Waals surface area contributed by atoms with Crippen LogP contribution in [0.3, 0.4) is 0 Å². The highest BCUT2D eigenvalue weighted by atomic mass is 16.2. The first-order valence-corrected chi connectivity index (χ1v) is 7.53. The van der Waals surface area contributed by atoms with E-state index in [2.05, 4.69) is 17.0 Å². The first-order chi connectivity index (χ1) is 9.65. The molecule has 0 aromatic heterocycles. The number of nitrogens with zero attached hydrogens (tertiary/aromatic N) is 2. The van der Waals surface area contributed by atoms with Crippen LogP contribution in [0.4, 0.5) is 5.69 Å². The number of fused-ring (bicyclic) bond motifs is 1. The molecule has 0 radical (unpaired) electrons. The second-order valence-electron chi connectivity index (χ2n) is 5.91. The summed E-state index contributed by atoms with van der Waals surface area (Å²) in [5, 5.41) is 0. The number of carbonyl (C=O) groups is 1. The Morgan fingerprint density at radius 2 is 2.10 bits per heavy atom. The van der Waals surface area contributed by atoms with Crippen molar-refractivity contribution in [2.24, 2.45) is 0 Å². The van der Waals surface area contributed by atoms with E-state index in [9.17, 15) is 4.79 Å². The number of benzene rings is 1. The van der Waals surface area contributed by atoms with Crippen LogP contribution in [0.15, 0.2) is 18.2 Å². The number of hydrogen-bond donors (Lipinski definition) is 1. The van der Waals surface area contributed by atoms with Crippen LogP contribution in [0.2, 0.25) is 0 Å². The van der Waals surface area contributed by atoms with Gasteiger partial charge in [-0.25, -0.2) is 0 Å². The highest BCUT2D eigenvalue weighted by molar-refractivity contribution is 5.73. The second-order valence-corrected chi connectivity index (χ2v) is 5.91. The van der Waals surface area contributed by atoms with E-state index in [0.29, 0.717) is 6.04 Å². The summed E-state index contributed by atoms with van der Waals surface area (Å²) in [5.74, 6) is 0.200. The fourth-order valence-electron chi connectivity index (χ4n) is 3.56. The maximum absolute atomic E-state index is 11.5. The van der Waals surface area contributed by atoms with Crippen molar-refractivity contribution in [2.45, 2.75) is 32.2 Å². The summed E-state index contributed by atoms with van der Waals surface area (Å²) in [6.07, 6.45) is 3.37. The Morgan fingerprint density at radius 3 is 2.90 bits per heavy atom. The fourth-order valence-corrected chi connectivity index (χ4v) is 3.56. The molecule has 4 nitrogen and oxygen atoms in total. The molecule has 2 N–H and O–H groups in total. The van der Waals surface area contributed by atoms with Gasteiger partial charge < -0.3 is 10.6 Å². The normalized spacial score (nSPS) is 23.4. The molecule has 0 spiro atoms. The number of anilines is 1. The zero-order chi connectivity index (χ0) is 14.1. The van der Waals surface area contributed by atoms with Crippen LogP contribution in [0.1, 0.15) is 36.9 Å². The molecule has 1 atom stereocenters. The van der Waals surface area contributed by atoms with Crippen LogP contribution < -0.4 is 5.73 Å². The largest absolute Gasteiger partial charge is 0.399 e. The van der Waals surface area contributed by atoms with Crippen LogP contribution in [0, 0.1) is 0 Å². The van der Waals surface area contributed by atoms with Crippen LogP contribution in [-0.4, -0.2) is 41.9 Å². The predicted octanol–water partition coefficient (Wildman–Crippen LogP) is 1.81. The van der Waals surface area contributed by atoms with Gasteiger partial charge in [0, 0.05) is 44.8 Å². The number of nitrogen functional groups attached to an aromatic ring is 1. The summed E-state index contributed by atoms with van der Waals surface area (Å²) < 4.78 is 0. The Morgan fingerprint density at radius 1 is 1.25 bits per heavy atom. The quantitative estimate of drug-likeness (QED) is 0.794. The van der Waals surface area contributed by atoms with Gasteiger partial charge >= 0.3 is 0 Å². The van der Waals surface area contributed by atoms with E-state index in [1.807, 2.05) is 11.0 Å². The summed E-state index contributed by atoms with van der Waals surface area (Å²) >= 11 is 0. The van der Waals surface area contributed by atoms with Gasteiger partial charge in [-0.3, -0.25) is 9.69 Å². The molecule has 1 saturated heterocycles. The van der Waals surface area contributed by atoms with Gasteiger partial charge in [0.15, 0.2) is 0 Å². The minimum absolute atomic E-state index is 0.200. The molecule has 1 aliphatic carbocycles. The molecule has 1 heterocycles. The van der Waals surface area contributed by atoms with E-state index in [0.717, 1.165) is 44.7 Å². The SMILES string of the molecule is CC(=O)N1CCCN(C2CCc3cc(N)ccc32)CC1. The van der Waals surface area contributed by atoms with E-state index >= 15 is 0 Å². The monoisotopic (exact) mass is 273 g/mol. The van der Waals surface area contributed by atoms with Crippen molar-refractivity contribution in [1.82, 2.24) is 9.80 Å². The van der Waals surface area contributed by atoms with Crippen molar-refractivity contribution >= 4 is 11.6 Å². The van der Waals surface area contributed by atoms with E-state index < -0.39 is 0 Å². The molecular weight excluding hydrogens is 250 g/mol. The molecule has 1 aromatic carbocycles. The van der Waals surface area contributed by atoms with Gasteiger partial charge in [-0.05, 0) is 42.5 Å². The maximum atomic E-state index is 11.5. The minimum atomic E-state index is 0.200. The van der Waals surface area contributed by atoms with Gasteiger partial charge in [-0.15, -0.1) is 0 Å². The third-order valence-corrected chi connectivity index (χ3v) is 4.63. The number of hydrogen-bond acceptors (Lipinski definition) is 3. The fraction of sp³-hybridized carbons (Fsp3) is 0.562. The van der Waals surface area contributed by atoms with Gasteiger partial charge in [0.1, 0.15) is 0 Å². The molecule has 0 bridgehead atoms. The molecular formula is C16H23N3O.